The van der Waals surface area contributed by atoms with Crippen LogP contribution >= 0.6 is 0 Å². The van der Waals surface area contributed by atoms with Crippen molar-refractivity contribution in [2.45, 2.75) is 31.7 Å². The normalized spacial score (nSPS) is 17.1. The predicted molar refractivity (Wildman–Crippen MR) is 92.4 cm³/mol. The summed E-state index contributed by atoms with van der Waals surface area (Å²) in [7, 11) is 0. The van der Waals surface area contributed by atoms with Crippen LogP contribution < -0.4 is 5.73 Å². The number of benzene rings is 2. The van der Waals surface area contributed by atoms with Gasteiger partial charge >= 0.3 is 0 Å². The number of hydrogen-bond donors (Lipinski definition) is 1. The Morgan fingerprint density at radius 3 is 2.61 bits per heavy atom. The number of carbonyl (C=O) groups is 1. The molecular weight excluding hydrogens is 284 g/mol. The Bertz CT molecular complexity index is 864. The predicted octanol–water partition coefficient (Wildman–Crippen LogP) is 3.59. The summed E-state index contributed by atoms with van der Waals surface area (Å²) in [5, 5.41) is 1.27. The molecule has 1 heterocycles. The zero-order valence-corrected chi connectivity index (χ0v) is 13.0. The Labute approximate surface area is 135 Å². The van der Waals surface area contributed by atoms with Crippen LogP contribution in [0.4, 0.5) is 0 Å². The van der Waals surface area contributed by atoms with Crippen LogP contribution in [0.15, 0.2) is 54.6 Å². The zero-order valence-electron chi connectivity index (χ0n) is 13.0. The lowest BCUT2D eigenvalue weighted by atomic mass is 9.86. The van der Waals surface area contributed by atoms with Gasteiger partial charge in [-0.25, -0.2) is 0 Å². The summed E-state index contributed by atoms with van der Waals surface area (Å²) in [6.07, 6.45) is 2.91. The molecule has 3 heteroatoms. The summed E-state index contributed by atoms with van der Waals surface area (Å²) in [6.45, 7) is 0.778. The van der Waals surface area contributed by atoms with Crippen LogP contribution in [-0.4, -0.2) is 10.5 Å². The molecule has 1 aromatic heterocycles. The van der Waals surface area contributed by atoms with Gasteiger partial charge in [-0.15, -0.1) is 0 Å². The largest absolute Gasteiger partial charge is 0.369 e. The van der Waals surface area contributed by atoms with Gasteiger partial charge in [0.1, 0.15) is 0 Å². The third-order valence-corrected chi connectivity index (χ3v) is 4.90. The number of aryl methyl sites for hydroxylation is 1. The first kappa shape index (κ1) is 14.1. The van der Waals surface area contributed by atoms with Crippen LogP contribution in [0.2, 0.25) is 0 Å². The molecule has 0 saturated carbocycles. The number of rotatable bonds is 3. The molecule has 2 N–H and O–H groups in total. The van der Waals surface area contributed by atoms with Crippen molar-refractivity contribution >= 4 is 16.8 Å². The maximum atomic E-state index is 12.0. The first-order chi connectivity index (χ1) is 11.3. The SMILES string of the molecule is NC(=O)[C@@H]1CCCc2c1n(Cc1ccccc1)c1ccccc21. The summed E-state index contributed by atoms with van der Waals surface area (Å²) < 4.78 is 2.30. The summed E-state index contributed by atoms with van der Waals surface area (Å²) in [5.41, 5.74) is 10.6. The first-order valence-electron chi connectivity index (χ1n) is 8.19. The third-order valence-electron chi connectivity index (χ3n) is 4.90. The highest BCUT2D eigenvalue weighted by Crippen LogP contribution is 2.38. The number of nitrogens with zero attached hydrogens (tertiary/aromatic N) is 1. The summed E-state index contributed by atoms with van der Waals surface area (Å²) in [5.74, 6) is -0.377. The fraction of sp³-hybridized carbons (Fsp3) is 0.250. The van der Waals surface area contributed by atoms with Crippen molar-refractivity contribution in [2.24, 2.45) is 5.73 Å². The standard InChI is InChI=1S/C20H20N2O/c21-20(23)17-11-6-10-16-15-9-4-5-12-18(15)22(19(16)17)13-14-7-2-1-3-8-14/h1-5,7-9,12,17H,6,10-11,13H2,(H2,21,23)/t17-/m1/s1. The Hall–Kier alpha value is -2.55. The highest BCUT2D eigenvalue weighted by atomic mass is 16.1. The van der Waals surface area contributed by atoms with Crippen molar-refractivity contribution in [3.8, 4) is 0 Å². The minimum absolute atomic E-state index is 0.171. The fourth-order valence-electron chi connectivity index (χ4n) is 3.89. The van der Waals surface area contributed by atoms with Gasteiger partial charge in [-0.2, -0.15) is 0 Å². The van der Waals surface area contributed by atoms with E-state index in [-0.39, 0.29) is 11.8 Å². The van der Waals surface area contributed by atoms with Gasteiger partial charge < -0.3 is 10.3 Å². The van der Waals surface area contributed by atoms with Crippen LogP contribution in [0.5, 0.6) is 0 Å². The molecule has 0 radical (unpaired) electrons. The summed E-state index contributed by atoms with van der Waals surface area (Å²) >= 11 is 0. The fourth-order valence-corrected chi connectivity index (χ4v) is 3.89. The summed E-state index contributed by atoms with van der Waals surface area (Å²) in [4.78, 5) is 12.0. The van der Waals surface area contributed by atoms with E-state index in [4.69, 9.17) is 5.73 Å². The minimum Gasteiger partial charge on any atom is -0.369 e. The molecule has 23 heavy (non-hydrogen) atoms. The number of fused-ring (bicyclic) bond motifs is 3. The van der Waals surface area contributed by atoms with Crippen molar-refractivity contribution in [1.29, 1.82) is 0 Å². The van der Waals surface area contributed by atoms with Gasteiger partial charge in [0.2, 0.25) is 5.91 Å². The Morgan fingerprint density at radius 2 is 1.83 bits per heavy atom. The van der Waals surface area contributed by atoms with Crippen LogP contribution in [-0.2, 0) is 17.8 Å². The number of aromatic nitrogens is 1. The quantitative estimate of drug-likeness (QED) is 0.789. The van der Waals surface area contributed by atoms with Crippen molar-refractivity contribution in [1.82, 2.24) is 4.57 Å². The smallest absolute Gasteiger partial charge is 0.226 e. The first-order valence-corrected chi connectivity index (χ1v) is 8.19. The molecule has 1 atom stereocenters. The van der Waals surface area contributed by atoms with E-state index in [1.54, 1.807) is 0 Å². The maximum Gasteiger partial charge on any atom is 0.226 e. The van der Waals surface area contributed by atoms with Gasteiger partial charge in [0, 0.05) is 23.1 Å². The Morgan fingerprint density at radius 1 is 1.09 bits per heavy atom. The maximum absolute atomic E-state index is 12.0. The van der Waals surface area contributed by atoms with E-state index in [0.29, 0.717) is 0 Å². The molecule has 0 bridgehead atoms. The molecule has 0 fully saturated rings. The second-order valence-electron chi connectivity index (χ2n) is 6.30. The molecular formula is C20H20N2O. The topological polar surface area (TPSA) is 48.0 Å². The average molecular weight is 304 g/mol. The van der Waals surface area contributed by atoms with E-state index < -0.39 is 0 Å². The van der Waals surface area contributed by atoms with Gasteiger partial charge in [-0.05, 0) is 36.5 Å². The van der Waals surface area contributed by atoms with Crippen LogP contribution in [0.25, 0.3) is 10.9 Å². The number of hydrogen-bond acceptors (Lipinski definition) is 1. The average Bonchev–Trinajstić information content (AvgIpc) is 2.90. The van der Waals surface area contributed by atoms with Crippen LogP contribution in [0.3, 0.4) is 0 Å². The van der Waals surface area contributed by atoms with E-state index in [0.717, 1.165) is 31.5 Å². The molecule has 4 rings (SSSR count). The lowest BCUT2D eigenvalue weighted by Crippen LogP contribution is -2.27. The molecule has 2 aromatic carbocycles. The zero-order chi connectivity index (χ0) is 15.8. The van der Waals surface area contributed by atoms with Gasteiger partial charge in [0.05, 0.1) is 5.92 Å². The van der Waals surface area contributed by atoms with E-state index in [9.17, 15) is 4.79 Å². The summed E-state index contributed by atoms with van der Waals surface area (Å²) in [6, 6.07) is 18.8. The molecule has 0 unspecified atom stereocenters. The Kier molecular flexibility index (Phi) is 3.41. The second-order valence-corrected chi connectivity index (χ2v) is 6.30. The highest BCUT2D eigenvalue weighted by molar-refractivity contribution is 5.90. The lowest BCUT2D eigenvalue weighted by molar-refractivity contribution is -0.119. The highest BCUT2D eigenvalue weighted by Gasteiger charge is 2.30. The number of amides is 1. The van der Waals surface area contributed by atoms with Gasteiger partial charge in [-0.3, -0.25) is 4.79 Å². The molecule has 3 nitrogen and oxygen atoms in total. The number of para-hydroxylation sites is 1. The van der Waals surface area contributed by atoms with E-state index in [1.165, 1.54) is 22.0 Å². The molecule has 0 saturated heterocycles. The number of primary amides is 1. The van der Waals surface area contributed by atoms with Crippen molar-refractivity contribution in [3.63, 3.8) is 0 Å². The minimum atomic E-state index is -0.205. The molecule has 0 aliphatic heterocycles. The molecule has 116 valence electrons. The van der Waals surface area contributed by atoms with Crippen molar-refractivity contribution in [3.05, 3.63) is 71.4 Å². The lowest BCUT2D eigenvalue weighted by Gasteiger charge is -2.23. The van der Waals surface area contributed by atoms with Crippen LogP contribution in [0.1, 0.15) is 35.6 Å². The molecule has 0 spiro atoms. The molecule has 1 aliphatic carbocycles. The van der Waals surface area contributed by atoms with Gasteiger partial charge in [0.15, 0.2) is 0 Å². The number of carbonyl (C=O) groups excluding carboxylic acids is 1. The van der Waals surface area contributed by atoms with Crippen molar-refractivity contribution in [2.75, 3.05) is 0 Å². The van der Waals surface area contributed by atoms with Gasteiger partial charge in [0.25, 0.3) is 0 Å². The third kappa shape index (κ3) is 2.33. The molecule has 3 aromatic rings. The van der Waals surface area contributed by atoms with E-state index >= 15 is 0 Å². The van der Waals surface area contributed by atoms with Crippen LogP contribution in [0, 0.1) is 0 Å². The molecule has 1 amide bonds. The molecule has 1 aliphatic rings. The van der Waals surface area contributed by atoms with Gasteiger partial charge in [-0.1, -0.05) is 48.5 Å². The van der Waals surface area contributed by atoms with E-state index in [2.05, 4.69) is 53.1 Å². The second kappa shape index (κ2) is 5.58. The monoisotopic (exact) mass is 304 g/mol. The van der Waals surface area contributed by atoms with Crippen molar-refractivity contribution < 1.29 is 4.79 Å². The Balaban J connectivity index is 1.94. The van der Waals surface area contributed by atoms with E-state index in [1.807, 2.05) is 6.07 Å². The number of nitrogens with two attached hydrogens (primary N) is 1.